The lowest BCUT2D eigenvalue weighted by atomic mass is 9.26. The van der Waals surface area contributed by atoms with Crippen LogP contribution in [0.3, 0.4) is 0 Å². The molecule has 1 aromatic rings. The van der Waals surface area contributed by atoms with Crippen molar-refractivity contribution in [2.24, 2.45) is 73.4 Å². The van der Waals surface area contributed by atoms with Crippen molar-refractivity contribution in [2.45, 2.75) is 160 Å². The molecule has 0 aromatic heterocycles. The van der Waals surface area contributed by atoms with Crippen molar-refractivity contribution >= 4 is 23.7 Å². The van der Waals surface area contributed by atoms with Crippen molar-refractivity contribution in [1.82, 2.24) is 0 Å². The average molecular weight is 903 g/mol. The van der Waals surface area contributed by atoms with Crippen molar-refractivity contribution in [3.8, 4) is 11.8 Å². The van der Waals surface area contributed by atoms with Gasteiger partial charge in [0, 0.05) is 43.5 Å². The van der Waals surface area contributed by atoms with Gasteiger partial charge < -0.3 is 35.4 Å². The number of rotatable bonds is 8. The first kappa shape index (κ1) is 45.5. The first-order valence-corrected chi connectivity index (χ1v) is 25.8. The van der Waals surface area contributed by atoms with E-state index in [1.807, 2.05) is 25.1 Å². The number of carbonyl (C=O) groups excluding carboxylic acids is 2. The molecular weight excluding hydrogens is 829 g/mol. The summed E-state index contributed by atoms with van der Waals surface area (Å²) in [6.45, 7) is 8.38. The third kappa shape index (κ3) is 5.45. The maximum absolute atomic E-state index is 16.4. The summed E-state index contributed by atoms with van der Waals surface area (Å²) >= 11 is 0. The molecule has 11 aliphatic rings. The number of aliphatic hydroxyl groups is 6. The van der Waals surface area contributed by atoms with Crippen molar-refractivity contribution in [3.05, 3.63) is 57.5 Å². The Labute approximate surface area is 390 Å². The maximum Gasteiger partial charge on any atom is 0.163 e. The van der Waals surface area contributed by atoms with Crippen LogP contribution in [0.15, 0.2) is 35.9 Å². The highest BCUT2D eigenvalue weighted by Gasteiger charge is 2.83. The van der Waals surface area contributed by atoms with Gasteiger partial charge in [0.2, 0.25) is 0 Å². The van der Waals surface area contributed by atoms with Gasteiger partial charge in [-0.2, -0.15) is 0 Å². The molecule has 11 aliphatic carbocycles. The number of allylic oxidation sites excluding steroid dienone is 3. The molecule has 356 valence electrons. The number of fused-ring (bicyclic) bond motifs is 6. The topological polar surface area (TPSA) is 165 Å². The fourth-order valence-electron chi connectivity index (χ4n) is 19.8. The minimum absolute atomic E-state index is 0.00223. The summed E-state index contributed by atoms with van der Waals surface area (Å²) in [5.74, 6) is 5.58. The van der Waals surface area contributed by atoms with E-state index in [1.165, 1.54) is 0 Å². The van der Waals surface area contributed by atoms with Gasteiger partial charge in [-0.3, -0.25) is 9.59 Å². The molecule has 6 N–H and O–H groups in total. The van der Waals surface area contributed by atoms with Crippen LogP contribution in [0.25, 0.3) is 12.2 Å². The van der Waals surface area contributed by atoms with Gasteiger partial charge in [-0.1, -0.05) is 63.0 Å². The van der Waals surface area contributed by atoms with Gasteiger partial charge >= 0.3 is 0 Å². The van der Waals surface area contributed by atoms with E-state index in [0.29, 0.717) is 75.5 Å². The van der Waals surface area contributed by atoms with Crippen molar-refractivity contribution in [2.75, 3.05) is 20.3 Å². The van der Waals surface area contributed by atoms with E-state index in [9.17, 15) is 35.4 Å². The van der Waals surface area contributed by atoms with Crippen molar-refractivity contribution in [1.29, 1.82) is 0 Å². The number of hydrogen-bond donors (Lipinski definition) is 6. The summed E-state index contributed by atoms with van der Waals surface area (Å²) in [5, 5.41) is 74.7. The van der Waals surface area contributed by atoms with Gasteiger partial charge in [-0.05, 0) is 181 Å². The van der Waals surface area contributed by atoms with Crippen LogP contribution in [0.2, 0.25) is 0 Å². The van der Waals surface area contributed by atoms with E-state index in [4.69, 9.17) is 4.74 Å². The Hall–Kier alpha value is -2.94. The number of aliphatic hydroxyl groups excluding tert-OH is 5. The highest BCUT2D eigenvalue weighted by atomic mass is 16.5. The highest BCUT2D eigenvalue weighted by Crippen LogP contribution is 2.85. The quantitative estimate of drug-likeness (QED) is 0.0792. The van der Waals surface area contributed by atoms with Crippen LogP contribution in [0.1, 0.15) is 152 Å². The summed E-state index contributed by atoms with van der Waals surface area (Å²) in [6, 6.07) is 3.86. The molecule has 0 saturated heterocycles. The predicted octanol–water partition coefficient (Wildman–Crippen LogP) is 6.03. The lowest BCUT2D eigenvalue weighted by Crippen LogP contribution is -2.78. The highest BCUT2D eigenvalue weighted by molar-refractivity contribution is 5.97. The molecule has 9 heteroatoms. The zero-order valence-corrected chi connectivity index (χ0v) is 40.0. The number of hydrogen-bond acceptors (Lipinski definition) is 9. The Balaban J connectivity index is 1.16. The summed E-state index contributed by atoms with van der Waals surface area (Å²) in [4.78, 5) is 30.6. The van der Waals surface area contributed by atoms with E-state index in [1.54, 1.807) is 14.0 Å². The Morgan fingerprint density at radius 3 is 2.52 bits per heavy atom. The molecule has 12 rings (SSSR count). The molecule has 0 aliphatic heterocycles. The van der Waals surface area contributed by atoms with Gasteiger partial charge in [0.05, 0.1) is 35.9 Å². The number of ether oxygens (including phenoxy) is 1. The van der Waals surface area contributed by atoms with E-state index in [-0.39, 0.29) is 52.0 Å². The second-order valence-corrected chi connectivity index (χ2v) is 24.5. The van der Waals surface area contributed by atoms with Crippen LogP contribution in [0, 0.1) is 85.3 Å². The van der Waals surface area contributed by atoms with Gasteiger partial charge in [-0.25, -0.2) is 0 Å². The maximum atomic E-state index is 16.4. The number of Topliss-reactive ketones (excluding diaryl/α,β-unsaturated/α-hetero) is 1. The fraction of sp³-hybridized carbons (Fsp3) is 0.719. The van der Waals surface area contributed by atoms with Crippen LogP contribution in [0.5, 0.6) is 0 Å². The molecule has 9 nitrogen and oxygen atoms in total. The lowest BCUT2D eigenvalue weighted by molar-refractivity contribution is -0.294. The van der Waals surface area contributed by atoms with Crippen molar-refractivity contribution in [3.63, 3.8) is 0 Å². The molecule has 3 spiro atoms. The molecule has 0 radical (unpaired) electrons. The standard InChI is InChI=1S/C57H74O9/c1-33(59)35-24-36-27-40-34(25-38(36)39(26-35)43(60)11-9-23-66-5)13-19-53-20-15-45-52(4,48(64)30-58)46(62)16-22-56(40,45)49(53)44(61)28-41-42-29-50(2)17-7-6-12-47(63)57(42)54(31-50)18-8-10-37(54)14-21-55(57,65)32-51(41,53)3/h14,21,24-28,33-34,37,40,42,45-49,58-59,62-65H,7-11,13,15-20,22-23,29-32H2,1-5H3. The second-order valence-electron chi connectivity index (χ2n) is 24.5. The summed E-state index contributed by atoms with van der Waals surface area (Å²) in [5.41, 5.74) is -3.72. The van der Waals surface area contributed by atoms with Crippen molar-refractivity contribution < 1.29 is 45.0 Å². The van der Waals surface area contributed by atoms with Gasteiger partial charge in [0.15, 0.2) is 11.6 Å². The molecule has 18 atom stereocenters. The minimum Gasteiger partial charge on any atom is -0.394 e. The first-order chi connectivity index (χ1) is 31.4. The number of ketones is 2. The number of carbonyl (C=O) groups is 2. The van der Waals surface area contributed by atoms with E-state index < -0.39 is 69.6 Å². The van der Waals surface area contributed by atoms with Gasteiger partial charge in [0.25, 0.3) is 0 Å². The molecule has 0 heterocycles. The van der Waals surface area contributed by atoms with E-state index >= 15 is 4.79 Å². The SMILES string of the molecule is COCCCC(=O)c1cc(C(C)O)cc2c1=CC1CCC34CCC5C(C)(C(O)CO)C(O)CCC5(C1C=2)C3C(=O)C=C1C2CC3(C)CCC#CC(O)C25C(O)(C=CC2CCCC25C3)CC14C. The Bertz CT molecular complexity index is 2490. The molecule has 1 aromatic carbocycles. The minimum atomic E-state index is -1.40. The third-order valence-corrected chi connectivity index (χ3v) is 22.2. The zero-order valence-electron chi connectivity index (χ0n) is 40.0. The summed E-state index contributed by atoms with van der Waals surface area (Å²) < 4.78 is 5.32. The molecule has 6 fully saturated rings. The monoisotopic (exact) mass is 903 g/mol. The average Bonchev–Trinajstić information content (AvgIpc) is 3.69. The first-order valence-electron chi connectivity index (χ1n) is 25.8. The molecule has 4 bridgehead atoms. The Kier molecular flexibility index (Phi) is 10.4. The fourth-order valence-corrected chi connectivity index (χ4v) is 19.8. The van der Waals surface area contributed by atoms with E-state index in [0.717, 1.165) is 61.0 Å². The summed E-state index contributed by atoms with van der Waals surface area (Å²) in [6.07, 6.45) is 18.1. The zero-order chi connectivity index (χ0) is 46.6. The molecular formula is C57H74O9. The third-order valence-electron chi connectivity index (χ3n) is 22.2. The van der Waals surface area contributed by atoms with Gasteiger partial charge in [0.1, 0.15) is 6.10 Å². The van der Waals surface area contributed by atoms with Crippen LogP contribution in [0.4, 0.5) is 0 Å². The predicted molar refractivity (Wildman–Crippen MR) is 250 cm³/mol. The molecule has 6 saturated carbocycles. The van der Waals surface area contributed by atoms with E-state index in [2.05, 4.69) is 50.0 Å². The number of methoxy groups -OCH3 is 1. The van der Waals surface area contributed by atoms with Crippen LogP contribution in [-0.4, -0.2) is 86.4 Å². The Morgan fingerprint density at radius 2 is 1.76 bits per heavy atom. The smallest absolute Gasteiger partial charge is 0.163 e. The Morgan fingerprint density at radius 1 is 0.970 bits per heavy atom. The second kappa shape index (κ2) is 15.0. The molecule has 18 unspecified atom stereocenters. The normalized spacial score (nSPS) is 48.7. The summed E-state index contributed by atoms with van der Waals surface area (Å²) in [7, 11) is 1.63. The number of benzene rings is 1. The largest absolute Gasteiger partial charge is 0.394 e. The van der Waals surface area contributed by atoms with Gasteiger partial charge in [-0.15, -0.1) is 5.92 Å². The van der Waals surface area contributed by atoms with Crippen LogP contribution in [-0.2, 0) is 9.53 Å². The van der Waals surface area contributed by atoms with Crippen LogP contribution >= 0.6 is 0 Å². The molecule has 66 heavy (non-hydrogen) atoms. The van der Waals surface area contributed by atoms with Crippen LogP contribution < -0.4 is 10.4 Å². The lowest BCUT2D eigenvalue weighted by Gasteiger charge is -2.78. The molecule has 0 amide bonds.